The van der Waals surface area contributed by atoms with Crippen LogP contribution in [0.25, 0.3) is 0 Å². The molecule has 7 nitrogen and oxygen atoms in total. The summed E-state index contributed by atoms with van der Waals surface area (Å²) in [5, 5.41) is 23.8. The fourth-order valence-corrected chi connectivity index (χ4v) is 3.25. The molecule has 0 saturated carbocycles. The molecule has 26 heavy (non-hydrogen) atoms. The summed E-state index contributed by atoms with van der Waals surface area (Å²) in [6.07, 6.45) is 1.50. The topological polar surface area (TPSA) is 102 Å². The third-order valence-corrected chi connectivity index (χ3v) is 4.69. The minimum atomic E-state index is -0.640. The number of carbonyl (C=O) groups excluding carboxylic acids is 1. The van der Waals surface area contributed by atoms with Gasteiger partial charge in [0.25, 0.3) is 11.6 Å². The Kier molecular flexibility index (Phi) is 5.31. The Morgan fingerprint density at radius 2 is 2.04 bits per heavy atom. The molecule has 1 aliphatic heterocycles. The van der Waals surface area contributed by atoms with Crippen LogP contribution in [0.5, 0.6) is 5.75 Å². The molecule has 3 rings (SSSR count). The van der Waals surface area contributed by atoms with Crippen LogP contribution < -0.4 is 5.32 Å². The first-order chi connectivity index (χ1) is 12.4. The Labute approximate surface area is 158 Å². The molecule has 1 unspecified atom stereocenters. The lowest BCUT2D eigenvalue weighted by molar-refractivity contribution is -0.384. The summed E-state index contributed by atoms with van der Waals surface area (Å²) in [5.41, 5.74) is 0.582. The Balaban J connectivity index is 1.84. The van der Waals surface area contributed by atoms with Crippen LogP contribution in [0.4, 0.5) is 11.4 Å². The average Bonchev–Trinajstić information content (AvgIpc) is 3.12. The van der Waals surface area contributed by atoms with Crippen LogP contribution in [-0.4, -0.2) is 22.5 Å². The first-order valence-electron chi connectivity index (χ1n) is 7.76. The van der Waals surface area contributed by atoms with Crippen molar-refractivity contribution in [2.45, 2.75) is 18.9 Å². The van der Waals surface area contributed by atoms with Gasteiger partial charge in [0.05, 0.1) is 27.3 Å². The SMILES string of the molecule is O=C(Nc1ccc([N+](=O)[O-])cc1Cl)c1cc(Cl)c(C2CCCO2)cc1O. The largest absolute Gasteiger partial charge is 0.507 e. The number of nitro benzene ring substituents is 1. The zero-order chi connectivity index (χ0) is 18.8. The molecule has 2 aromatic carbocycles. The number of phenols is 1. The van der Waals surface area contributed by atoms with Crippen LogP contribution in [0.3, 0.4) is 0 Å². The number of phenolic OH excluding ortho intramolecular Hbond substituents is 1. The summed E-state index contributed by atoms with van der Waals surface area (Å²) < 4.78 is 5.55. The molecule has 9 heteroatoms. The number of hydrogen-bond donors (Lipinski definition) is 2. The summed E-state index contributed by atoms with van der Waals surface area (Å²) in [6, 6.07) is 6.45. The van der Waals surface area contributed by atoms with E-state index in [0.29, 0.717) is 17.2 Å². The maximum Gasteiger partial charge on any atom is 0.271 e. The van der Waals surface area contributed by atoms with Gasteiger partial charge in [-0.05, 0) is 31.0 Å². The number of halogens is 2. The Morgan fingerprint density at radius 3 is 2.65 bits per heavy atom. The van der Waals surface area contributed by atoms with Crippen molar-refractivity contribution >= 4 is 40.5 Å². The summed E-state index contributed by atoms with van der Waals surface area (Å²) in [5.74, 6) is -0.880. The highest BCUT2D eigenvalue weighted by molar-refractivity contribution is 6.34. The second-order valence-corrected chi connectivity index (χ2v) is 6.58. The van der Waals surface area contributed by atoms with Gasteiger partial charge in [0.1, 0.15) is 5.75 Å². The number of non-ortho nitro benzene ring substituents is 1. The van der Waals surface area contributed by atoms with E-state index in [2.05, 4.69) is 5.32 Å². The van der Waals surface area contributed by atoms with E-state index in [1.807, 2.05) is 0 Å². The number of nitro groups is 1. The number of anilines is 1. The highest BCUT2D eigenvalue weighted by atomic mass is 35.5. The summed E-state index contributed by atoms with van der Waals surface area (Å²) in [4.78, 5) is 22.6. The molecular weight excluding hydrogens is 383 g/mol. The fraction of sp³-hybridized carbons (Fsp3) is 0.235. The first-order valence-corrected chi connectivity index (χ1v) is 8.51. The van der Waals surface area contributed by atoms with Crippen LogP contribution in [0.2, 0.25) is 10.0 Å². The van der Waals surface area contributed by atoms with E-state index in [0.717, 1.165) is 18.9 Å². The normalized spacial score (nSPS) is 16.5. The van der Waals surface area contributed by atoms with Crippen molar-refractivity contribution in [2.24, 2.45) is 0 Å². The minimum absolute atomic E-state index is 0.00844. The molecule has 136 valence electrons. The number of amides is 1. The van der Waals surface area contributed by atoms with Crippen molar-refractivity contribution in [3.05, 3.63) is 61.6 Å². The molecule has 1 saturated heterocycles. The van der Waals surface area contributed by atoms with Gasteiger partial charge in [0.2, 0.25) is 0 Å². The molecular formula is C17H14Cl2N2O5. The second-order valence-electron chi connectivity index (χ2n) is 5.77. The summed E-state index contributed by atoms with van der Waals surface area (Å²) in [6.45, 7) is 0.628. The van der Waals surface area contributed by atoms with E-state index < -0.39 is 10.8 Å². The van der Waals surface area contributed by atoms with Crippen molar-refractivity contribution < 1.29 is 19.6 Å². The standard InChI is InChI=1S/C17H14Cl2N2O5/c18-12-7-11(15(22)8-10(12)16-2-1-5-26-16)17(23)20-14-4-3-9(21(24)25)6-13(14)19/h3-4,6-8,16,22H,1-2,5H2,(H,20,23). The predicted molar refractivity (Wildman–Crippen MR) is 97.1 cm³/mol. The van der Waals surface area contributed by atoms with Crippen LogP contribution in [0.15, 0.2) is 30.3 Å². The highest BCUT2D eigenvalue weighted by Crippen LogP contribution is 2.37. The zero-order valence-electron chi connectivity index (χ0n) is 13.4. The molecule has 1 fully saturated rings. The van der Waals surface area contributed by atoms with Crippen molar-refractivity contribution in [2.75, 3.05) is 11.9 Å². The number of nitrogens with one attached hydrogen (secondary N) is 1. The van der Waals surface area contributed by atoms with Crippen molar-refractivity contribution in [1.82, 2.24) is 0 Å². The number of aromatic hydroxyl groups is 1. The lowest BCUT2D eigenvalue weighted by atomic mass is 10.0. The smallest absolute Gasteiger partial charge is 0.271 e. The quantitative estimate of drug-likeness (QED) is 0.575. The molecule has 2 N–H and O–H groups in total. The van der Waals surface area contributed by atoms with Gasteiger partial charge in [-0.15, -0.1) is 0 Å². The predicted octanol–water partition coefficient (Wildman–Crippen LogP) is 4.71. The number of benzene rings is 2. The Morgan fingerprint density at radius 1 is 1.27 bits per heavy atom. The number of ether oxygens (including phenoxy) is 1. The molecule has 0 aliphatic carbocycles. The Bertz CT molecular complexity index is 882. The van der Waals surface area contributed by atoms with Gasteiger partial charge < -0.3 is 15.2 Å². The third kappa shape index (κ3) is 3.75. The van der Waals surface area contributed by atoms with Gasteiger partial charge >= 0.3 is 0 Å². The fourth-order valence-electron chi connectivity index (χ4n) is 2.74. The van der Waals surface area contributed by atoms with Gasteiger partial charge in [0, 0.05) is 29.3 Å². The second kappa shape index (κ2) is 7.49. The van der Waals surface area contributed by atoms with E-state index >= 15 is 0 Å². The number of nitrogens with zero attached hydrogens (tertiary/aromatic N) is 1. The monoisotopic (exact) mass is 396 g/mol. The van der Waals surface area contributed by atoms with Crippen LogP contribution >= 0.6 is 23.2 Å². The van der Waals surface area contributed by atoms with Gasteiger partial charge in [-0.1, -0.05) is 23.2 Å². The first kappa shape index (κ1) is 18.4. The van der Waals surface area contributed by atoms with E-state index in [1.54, 1.807) is 0 Å². The maximum absolute atomic E-state index is 12.4. The summed E-state index contributed by atoms with van der Waals surface area (Å²) in [7, 11) is 0. The number of hydrogen-bond acceptors (Lipinski definition) is 5. The van der Waals surface area contributed by atoms with Crippen molar-refractivity contribution in [3.63, 3.8) is 0 Å². The highest BCUT2D eigenvalue weighted by Gasteiger charge is 2.24. The lowest BCUT2D eigenvalue weighted by Crippen LogP contribution is -2.13. The van der Waals surface area contributed by atoms with Gasteiger partial charge in [-0.2, -0.15) is 0 Å². The number of carbonyl (C=O) groups is 1. The van der Waals surface area contributed by atoms with Crippen molar-refractivity contribution in [3.8, 4) is 5.75 Å². The third-order valence-electron chi connectivity index (χ3n) is 4.05. The van der Waals surface area contributed by atoms with Crippen molar-refractivity contribution in [1.29, 1.82) is 0 Å². The molecule has 1 aliphatic rings. The van der Waals surface area contributed by atoms with Crippen LogP contribution in [0, 0.1) is 10.1 Å². The number of rotatable bonds is 4. The molecule has 1 atom stereocenters. The van der Waals surface area contributed by atoms with E-state index in [1.165, 1.54) is 24.3 Å². The summed E-state index contributed by atoms with van der Waals surface area (Å²) >= 11 is 12.2. The lowest BCUT2D eigenvalue weighted by Gasteiger charge is -2.15. The van der Waals surface area contributed by atoms with Gasteiger partial charge in [0.15, 0.2) is 0 Å². The van der Waals surface area contributed by atoms with Crippen LogP contribution in [0.1, 0.15) is 34.9 Å². The molecule has 0 aromatic heterocycles. The average molecular weight is 397 g/mol. The molecule has 0 radical (unpaired) electrons. The Hall–Kier alpha value is -2.35. The molecule has 0 bridgehead atoms. The van der Waals surface area contributed by atoms with E-state index in [9.17, 15) is 20.0 Å². The minimum Gasteiger partial charge on any atom is -0.507 e. The molecule has 2 aromatic rings. The maximum atomic E-state index is 12.4. The molecule has 1 heterocycles. The van der Waals surface area contributed by atoms with Gasteiger partial charge in [-0.25, -0.2) is 0 Å². The van der Waals surface area contributed by atoms with E-state index in [4.69, 9.17) is 27.9 Å². The van der Waals surface area contributed by atoms with Crippen LogP contribution in [-0.2, 0) is 4.74 Å². The van der Waals surface area contributed by atoms with E-state index in [-0.39, 0.29) is 33.8 Å². The zero-order valence-corrected chi connectivity index (χ0v) is 14.9. The molecule has 1 amide bonds. The van der Waals surface area contributed by atoms with Gasteiger partial charge in [-0.3, -0.25) is 14.9 Å². The molecule has 0 spiro atoms.